The van der Waals surface area contributed by atoms with Gasteiger partial charge in [0.2, 0.25) is 0 Å². The van der Waals surface area contributed by atoms with Gasteiger partial charge in [0.25, 0.3) is 0 Å². The van der Waals surface area contributed by atoms with Crippen molar-refractivity contribution in [3.05, 3.63) is 52.3 Å². The zero-order valence-electron chi connectivity index (χ0n) is 19.3. The molecule has 2 N–H and O–H groups in total. The second-order valence-corrected chi connectivity index (χ2v) is 8.31. The second kappa shape index (κ2) is 10.6. The number of rotatable bonds is 7. The molecule has 2 aromatic rings. The minimum absolute atomic E-state index is 0.468. The Balaban J connectivity index is 1.49. The molecule has 1 aromatic heterocycles. The standard InChI is InChI=1S/C24H38N6/c1-6-22-21(23(7-2)29(5)28-22)16-26-24(25-4)27-20-11-13-30(14-12-20)17-19-10-8-9-18(3)15-19/h8-10,15,20H,6-7,11-14,16-17H2,1-5H3,(H2,25,26,27). The quantitative estimate of drug-likeness (QED) is 0.544. The summed E-state index contributed by atoms with van der Waals surface area (Å²) in [5, 5.41) is 11.8. The molecule has 2 heterocycles. The first-order chi connectivity index (χ1) is 14.5. The number of nitrogens with zero attached hydrogens (tertiary/aromatic N) is 4. The highest BCUT2D eigenvalue weighted by molar-refractivity contribution is 5.80. The SMILES string of the molecule is CCc1nn(C)c(CC)c1CNC(=NC)NC1CCN(Cc2cccc(C)c2)CC1. The highest BCUT2D eigenvalue weighted by Gasteiger charge is 2.20. The summed E-state index contributed by atoms with van der Waals surface area (Å²) in [6.07, 6.45) is 4.22. The summed E-state index contributed by atoms with van der Waals surface area (Å²) in [4.78, 5) is 7.02. The topological polar surface area (TPSA) is 57.5 Å². The summed E-state index contributed by atoms with van der Waals surface area (Å²) in [7, 11) is 3.89. The molecule has 1 saturated heterocycles. The number of piperidine rings is 1. The van der Waals surface area contributed by atoms with E-state index in [1.807, 2.05) is 18.8 Å². The van der Waals surface area contributed by atoms with Crippen molar-refractivity contribution < 1.29 is 0 Å². The Bertz CT molecular complexity index is 845. The fourth-order valence-corrected chi connectivity index (χ4v) is 4.46. The van der Waals surface area contributed by atoms with Gasteiger partial charge in [-0.25, -0.2) is 0 Å². The lowest BCUT2D eigenvalue weighted by Gasteiger charge is -2.33. The largest absolute Gasteiger partial charge is 0.354 e. The Kier molecular flexibility index (Phi) is 7.91. The molecule has 1 aliphatic heterocycles. The highest BCUT2D eigenvalue weighted by Crippen LogP contribution is 2.16. The highest BCUT2D eigenvalue weighted by atomic mass is 15.3. The number of hydrogen-bond donors (Lipinski definition) is 2. The fourth-order valence-electron chi connectivity index (χ4n) is 4.46. The molecule has 0 saturated carbocycles. The summed E-state index contributed by atoms with van der Waals surface area (Å²) in [5.74, 6) is 0.889. The van der Waals surface area contributed by atoms with Gasteiger partial charge in [-0.15, -0.1) is 0 Å². The summed E-state index contributed by atoms with van der Waals surface area (Å²) >= 11 is 0. The molecule has 0 spiro atoms. The van der Waals surface area contributed by atoms with Gasteiger partial charge in [-0.3, -0.25) is 14.6 Å². The van der Waals surface area contributed by atoms with E-state index in [0.717, 1.165) is 57.8 Å². The van der Waals surface area contributed by atoms with Crippen LogP contribution in [-0.2, 0) is 33.0 Å². The van der Waals surface area contributed by atoms with Crippen LogP contribution in [0.15, 0.2) is 29.3 Å². The predicted molar refractivity (Wildman–Crippen MR) is 125 cm³/mol. The van der Waals surface area contributed by atoms with E-state index in [-0.39, 0.29) is 0 Å². The lowest BCUT2D eigenvalue weighted by molar-refractivity contribution is 0.198. The molecule has 1 aliphatic rings. The van der Waals surface area contributed by atoms with Gasteiger partial charge in [-0.1, -0.05) is 43.7 Å². The van der Waals surface area contributed by atoms with Gasteiger partial charge in [0.15, 0.2) is 5.96 Å². The van der Waals surface area contributed by atoms with Gasteiger partial charge in [-0.2, -0.15) is 5.10 Å². The molecular formula is C24H38N6. The number of aliphatic imine (C=N–C) groups is 1. The van der Waals surface area contributed by atoms with Crippen molar-refractivity contribution in [1.29, 1.82) is 0 Å². The van der Waals surface area contributed by atoms with E-state index in [9.17, 15) is 0 Å². The summed E-state index contributed by atoms with van der Waals surface area (Å²) in [6, 6.07) is 9.32. The minimum atomic E-state index is 0.468. The molecule has 0 aliphatic carbocycles. The maximum absolute atomic E-state index is 4.68. The average Bonchev–Trinajstić information content (AvgIpc) is 3.06. The predicted octanol–water partition coefficient (Wildman–Crippen LogP) is 3.18. The van der Waals surface area contributed by atoms with E-state index in [1.54, 1.807) is 0 Å². The third-order valence-corrected chi connectivity index (χ3v) is 6.10. The molecule has 0 unspecified atom stereocenters. The summed E-state index contributed by atoms with van der Waals surface area (Å²) in [6.45, 7) is 10.6. The zero-order chi connectivity index (χ0) is 21.5. The smallest absolute Gasteiger partial charge is 0.191 e. The van der Waals surface area contributed by atoms with Crippen molar-refractivity contribution in [3.8, 4) is 0 Å². The maximum atomic E-state index is 4.68. The first-order valence-corrected chi connectivity index (χ1v) is 11.3. The zero-order valence-corrected chi connectivity index (χ0v) is 19.3. The number of guanidine groups is 1. The van der Waals surface area contributed by atoms with Crippen LogP contribution in [0.2, 0.25) is 0 Å². The molecule has 1 fully saturated rings. The second-order valence-electron chi connectivity index (χ2n) is 8.31. The van der Waals surface area contributed by atoms with E-state index < -0.39 is 0 Å². The lowest BCUT2D eigenvalue weighted by atomic mass is 10.0. The molecule has 30 heavy (non-hydrogen) atoms. The molecule has 164 valence electrons. The van der Waals surface area contributed by atoms with Gasteiger partial charge >= 0.3 is 0 Å². The van der Waals surface area contributed by atoms with Crippen LogP contribution in [0.4, 0.5) is 0 Å². The Labute approximate surface area is 181 Å². The molecule has 0 bridgehead atoms. The van der Waals surface area contributed by atoms with Gasteiger partial charge in [0, 0.05) is 57.6 Å². The molecule has 0 radical (unpaired) electrons. The molecule has 6 nitrogen and oxygen atoms in total. The van der Waals surface area contributed by atoms with Crippen LogP contribution in [0.25, 0.3) is 0 Å². The first-order valence-electron chi connectivity index (χ1n) is 11.3. The van der Waals surface area contributed by atoms with Gasteiger partial charge in [0.1, 0.15) is 0 Å². The number of aryl methyl sites for hydroxylation is 3. The van der Waals surface area contributed by atoms with Crippen LogP contribution >= 0.6 is 0 Å². The minimum Gasteiger partial charge on any atom is -0.354 e. The van der Waals surface area contributed by atoms with Crippen molar-refractivity contribution >= 4 is 5.96 Å². The van der Waals surface area contributed by atoms with Crippen LogP contribution in [0.1, 0.15) is 54.8 Å². The van der Waals surface area contributed by atoms with Crippen LogP contribution in [-0.4, -0.2) is 46.8 Å². The van der Waals surface area contributed by atoms with Crippen LogP contribution in [0.5, 0.6) is 0 Å². The molecular weight excluding hydrogens is 372 g/mol. The Morgan fingerprint density at radius 2 is 1.97 bits per heavy atom. The maximum Gasteiger partial charge on any atom is 0.191 e. The van der Waals surface area contributed by atoms with Gasteiger partial charge < -0.3 is 10.6 Å². The van der Waals surface area contributed by atoms with Crippen molar-refractivity contribution in [1.82, 2.24) is 25.3 Å². The Morgan fingerprint density at radius 3 is 2.60 bits per heavy atom. The van der Waals surface area contributed by atoms with Crippen molar-refractivity contribution in [3.63, 3.8) is 0 Å². The number of aromatic nitrogens is 2. The number of nitrogens with one attached hydrogen (secondary N) is 2. The molecule has 3 rings (SSSR count). The van der Waals surface area contributed by atoms with E-state index in [1.165, 1.54) is 28.1 Å². The van der Waals surface area contributed by atoms with E-state index >= 15 is 0 Å². The molecule has 1 aromatic carbocycles. The third-order valence-electron chi connectivity index (χ3n) is 6.10. The number of likely N-dealkylation sites (tertiary alicyclic amines) is 1. The lowest BCUT2D eigenvalue weighted by Crippen LogP contribution is -2.48. The summed E-state index contributed by atoms with van der Waals surface area (Å²) in [5.41, 5.74) is 6.55. The van der Waals surface area contributed by atoms with Crippen LogP contribution in [0.3, 0.4) is 0 Å². The third kappa shape index (κ3) is 5.63. The first kappa shape index (κ1) is 22.3. The molecule has 0 amide bonds. The van der Waals surface area contributed by atoms with E-state index in [4.69, 9.17) is 0 Å². The fraction of sp³-hybridized carbons (Fsp3) is 0.583. The number of benzene rings is 1. The summed E-state index contributed by atoms with van der Waals surface area (Å²) < 4.78 is 2.02. The molecule has 6 heteroatoms. The van der Waals surface area contributed by atoms with Crippen LogP contribution < -0.4 is 10.6 Å². The normalized spacial score (nSPS) is 16.1. The van der Waals surface area contributed by atoms with Gasteiger partial charge in [-0.05, 0) is 38.2 Å². The van der Waals surface area contributed by atoms with Crippen molar-refractivity contribution in [2.75, 3.05) is 20.1 Å². The van der Waals surface area contributed by atoms with Crippen LogP contribution in [0, 0.1) is 6.92 Å². The number of hydrogen-bond acceptors (Lipinski definition) is 3. The Hall–Kier alpha value is -2.34. The van der Waals surface area contributed by atoms with Gasteiger partial charge in [0.05, 0.1) is 5.69 Å². The molecule has 0 atom stereocenters. The van der Waals surface area contributed by atoms with E-state index in [2.05, 4.69) is 70.7 Å². The monoisotopic (exact) mass is 410 g/mol. The van der Waals surface area contributed by atoms with Crippen molar-refractivity contribution in [2.24, 2.45) is 12.0 Å². The average molecular weight is 411 g/mol. The van der Waals surface area contributed by atoms with Crippen molar-refractivity contribution in [2.45, 2.75) is 65.6 Å². The van der Waals surface area contributed by atoms with E-state index in [0.29, 0.717) is 6.04 Å². The Morgan fingerprint density at radius 1 is 1.20 bits per heavy atom.